The number of aromatic nitrogens is 1. The van der Waals surface area contributed by atoms with E-state index in [1.807, 2.05) is 44.2 Å². The number of aliphatic hydroxyl groups is 1. The first kappa shape index (κ1) is 30.3. The van der Waals surface area contributed by atoms with Crippen LogP contribution in [0.25, 0.3) is 0 Å². The number of allylic oxidation sites excluding steroid dienone is 1. The topological polar surface area (TPSA) is 139 Å². The Kier molecular flexibility index (Phi) is 12.2. The third-order valence-electron chi connectivity index (χ3n) is 5.63. The van der Waals surface area contributed by atoms with Crippen LogP contribution in [0.3, 0.4) is 0 Å². The van der Waals surface area contributed by atoms with E-state index < -0.39 is 42.6 Å². The predicted molar refractivity (Wildman–Crippen MR) is 143 cm³/mol. The van der Waals surface area contributed by atoms with E-state index in [9.17, 15) is 24.3 Å². The van der Waals surface area contributed by atoms with E-state index in [0.717, 1.165) is 5.56 Å². The molecule has 4 N–H and O–H groups in total. The van der Waals surface area contributed by atoms with Crippen LogP contribution in [0.2, 0.25) is 0 Å². The van der Waals surface area contributed by atoms with Crippen molar-refractivity contribution in [2.45, 2.75) is 58.8 Å². The van der Waals surface area contributed by atoms with E-state index in [4.69, 9.17) is 4.74 Å². The number of amides is 3. The van der Waals surface area contributed by atoms with Crippen molar-refractivity contribution in [2.75, 3.05) is 6.61 Å². The quantitative estimate of drug-likeness (QED) is 0.296. The molecule has 0 spiro atoms. The minimum absolute atomic E-state index is 0.0401. The van der Waals surface area contributed by atoms with E-state index in [2.05, 4.69) is 16.0 Å². The van der Waals surface area contributed by atoms with Crippen molar-refractivity contribution in [1.29, 1.82) is 0 Å². The average molecular weight is 527 g/mol. The lowest BCUT2D eigenvalue weighted by Crippen LogP contribution is -2.57. The van der Waals surface area contributed by atoms with Gasteiger partial charge in [0.2, 0.25) is 11.8 Å². The molecule has 0 saturated heterocycles. The van der Waals surface area contributed by atoms with Crippen molar-refractivity contribution in [2.24, 2.45) is 11.8 Å². The Bertz CT molecular complexity index is 1070. The number of carbonyl (C=O) groups is 4. The number of hydrogen-bond acceptors (Lipinski definition) is 6. The zero-order valence-corrected chi connectivity index (χ0v) is 22.3. The highest BCUT2D eigenvalue weighted by molar-refractivity contribution is 5.92. The smallest absolute Gasteiger partial charge is 0.408 e. The van der Waals surface area contributed by atoms with Crippen LogP contribution in [0, 0.1) is 11.8 Å². The fourth-order valence-corrected chi connectivity index (χ4v) is 3.63. The van der Waals surface area contributed by atoms with Crippen LogP contribution < -0.4 is 16.0 Å². The summed E-state index contributed by atoms with van der Waals surface area (Å²) in [6.45, 7) is 6.81. The van der Waals surface area contributed by atoms with Gasteiger partial charge in [0.05, 0.1) is 6.61 Å². The van der Waals surface area contributed by atoms with Crippen molar-refractivity contribution in [1.82, 2.24) is 20.5 Å². The number of hydrogen-bond donors (Lipinski definition) is 4. The Morgan fingerprint density at radius 3 is 2.16 bits per heavy atom. The number of nitrogens with zero attached hydrogens (tertiary/aromatic N) is 1. The molecule has 0 saturated carbocycles. The SMILES string of the molecule is CC(C)C[C@@H](/C=C/C(=O)n1cccc1)NC(=O)[C@H](CO)NC(=O)[C@@H](NC(=O)OCc1ccccc1)C(C)C. The largest absolute Gasteiger partial charge is 0.445 e. The molecule has 10 heteroatoms. The van der Waals surface area contributed by atoms with Gasteiger partial charge in [-0.15, -0.1) is 0 Å². The summed E-state index contributed by atoms with van der Waals surface area (Å²) in [4.78, 5) is 50.5. The highest BCUT2D eigenvalue weighted by Crippen LogP contribution is 2.08. The zero-order valence-electron chi connectivity index (χ0n) is 22.3. The Morgan fingerprint density at radius 1 is 0.921 bits per heavy atom. The van der Waals surface area contributed by atoms with Crippen molar-refractivity contribution in [3.05, 3.63) is 72.6 Å². The van der Waals surface area contributed by atoms with Crippen molar-refractivity contribution < 1.29 is 29.0 Å². The molecule has 2 rings (SSSR count). The molecule has 2 aromatic rings. The summed E-state index contributed by atoms with van der Waals surface area (Å²) >= 11 is 0. The van der Waals surface area contributed by atoms with E-state index in [0.29, 0.717) is 6.42 Å². The minimum atomic E-state index is -1.26. The van der Waals surface area contributed by atoms with E-state index in [-0.39, 0.29) is 24.3 Å². The average Bonchev–Trinajstić information content (AvgIpc) is 3.42. The Balaban J connectivity index is 1.99. The highest BCUT2D eigenvalue weighted by atomic mass is 16.5. The standard InChI is InChI=1S/C28H38N4O6/c1-19(2)16-22(12-13-24(34)32-14-8-9-15-32)29-26(35)23(17-33)30-27(36)25(20(3)4)31-28(37)38-18-21-10-6-5-7-11-21/h5-15,19-20,22-23,25,33H,16-18H2,1-4H3,(H,29,35)(H,30,36)(H,31,37)/b13-12+/t22-,23+,25+/m1/s1. The molecule has 3 amide bonds. The highest BCUT2D eigenvalue weighted by Gasteiger charge is 2.29. The molecule has 206 valence electrons. The summed E-state index contributed by atoms with van der Waals surface area (Å²) in [7, 11) is 0. The normalized spacial score (nSPS) is 13.7. The van der Waals surface area contributed by atoms with Gasteiger partial charge in [-0.3, -0.25) is 19.0 Å². The molecule has 0 bridgehead atoms. The van der Waals surface area contributed by atoms with Crippen LogP contribution in [0.5, 0.6) is 0 Å². The van der Waals surface area contributed by atoms with E-state index in [1.165, 1.54) is 10.6 Å². The summed E-state index contributed by atoms with van der Waals surface area (Å²) in [5.74, 6) is -1.64. The number of benzene rings is 1. The maximum Gasteiger partial charge on any atom is 0.408 e. The van der Waals surface area contributed by atoms with Gasteiger partial charge < -0.3 is 25.8 Å². The first-order valence-electron chi connectivity index (χ1n) is 12.6. The van der Waals surface area contributed by atoms with E-state index in [1.54, 1.807) is 44.4 Å². The molecule has 0 aliphatic rings. The van der Waals surface area contributed by atoms with Crippen molar-refractivity contribution in [3.63, 3.8) is 0 Å². The van der Waals surface area contributed by atoms with Crippen molar-refractivity contribution >= 4 is 23.8 Å². The number of nitrogens with one attached hydrogen (secondary N) is 3. The molecular weight excluding hydrogens is 488 g/mol. The lowest BCUT2D eigenvalue weighted by Gasteiger charge is -2.25. The second-order valence-electron chi connectivity index (χ2n) is 9.70. The van der Waals surface area contributed by atoms with Gasteiger partial charge >= 0.3 is 6.09 Å². The van der Waals surface area contributed by atoms with Crippen LogP contribution in [0.1, 0.15) is 44.5 Å². The number of alkyl carbamates (subject to hydrolysis) is 1. The van der Waals surface area contributed by atoms with Gasteiger partial charge in [0, 0.05) is 24.5 Å². The second kappa shape index (κ2) is 15.4. The maximum atomic E-state index is 12.9. The molecule has 10 nitrogen and oxygen atoms in total. The molecule has 3 atom stereocenters. The first-order valence-corrected chi connectivity index (χ1v) is 12.6. The van der Waals surface area contributed by atoms with Crippen LogP contribution in [-0.4, -0.2) is 58.2 Å². The second-order valence-corrected chi connectivity index (χ2v) is 9.70. The number of aliphatic hydroxyl groups excluding tert-OH is 1. The van der Waals surface area contributed by atoms with Crippen LogP contribution in [0.4, 0.5) is 4.79 Å². The zero-order chi connectivity index (χ0) is 28.1. The number of ether oxygens (including phenoxy) is 1. The van der Waals surface area contributed by atoms with Gasteiger partial charge in [0.15, 0.2) is 0 Å². The Hall–Kier alpha value is -3.92. The summed E-state index contributed by atoms with van der Waals surface area (Å²) in [5.41, 5.74) is 0.797. The summed E-state index contributed by atoms with van der Waals surface area (Å²) in [6.07, 6.45) is 5.98. The van der Waals surface area contributed by atoms with Gasteiger partial charge in [-0.05, 0) is 36.0 Å². The fraction of sp³-hybridized carbons (Fsp3) is 0.429. The van der Waals surface area contributed by atoms with Gasteiger partial charge in [0.1, 0.15) is 18.7 Å². The molecule has 1 heterocycles. The van der Waals surface area contributed by atoms with Crippen LogP contribution >= 0.6 is 0 Å². The predicted octanol–water partition coefficient (Wildman–Crippen LogP) is 2.64. The van der Waals surface area contributed by atoms with Gasteiger partial charge in [-0.1, -0.05) is 64.1 Å². The molecular formula is C28H38N4O6. The number of carbonyl (C=O) groups excluding carboxylic acids is 4. The van der Waals surface area contributed by atoms with Crippen LogP contribution in [-0.2, 0) is 20.9 Å². The molecule has 0 fully saturated rings. The molecule has 1 aromatic carbocycles. The van der Waals surface area contributed by atoms with Gasteiger partial charge in [0.25, 0.3) is 5.91 Å². The lowest BCUT2D eigenvalue weighted by atomic mass is 10.0. The van der Waals surface area contributed by atoms with E-state index >= 15 is 0 Å². The molecule has 38 heavy (non-hydrogen) atoms. The minimum Gasteiger partial charge on any atom is -0.445 e. The molecule has 0 aliphatic carbocycles. The summed E-state index contributed by atoms with van der Waals surface area (Å²) in [6, 6.07) is 9.82. The monoisotopic (exact) mass is 526 g/mol. The Labute approximate surface area is 223 Å². The third kappa shape index (κ3) is 10.2. The third-order valence-corrected chi connectivity index (χ3v) is 5.63. The molecule has 0 radical (unpaired) electrons. The molecule has 1 aromatic heterocycles. The van der Waals surface area contributed by atoms with Gasteiger partial charge in [-0.25, -0.2) is 4.79 Å². The molecule has 0 aliphatic heterocycles. The van der Waals surface area contributed by atoms with Gasteiger partial charge in [-0.2, -0.15) is 0 Å². The fourth-order valence-electron chi connectivity index (χ4n) is 3.63. The summed E-state index contributed by atoms with van der Waals surface area (Å²) in [5, 5.41) is 17.6. The lowest BCUT2D eigenvalue weighted by molar-refractivity contribution is -0.131. The number of rotatable bonds is 13. The summed E-state index contributed by atoms with van der Waals surface area (Å²) < 4.78 is 6.61. The van der Waals surface area contributed by atoms with Crippen LogP contribution in [0.15, 0.2) is 67.0 Å². The molecule has 0 unspecified atom stereocenters. The maximum absolute atomic E-state index is 12.9. The Morgan fingerprint density at radius 2 is 1.58 bits per heavy atom. The first-order chi connectivity index (χ1) is 18.1. The van der Waals surface area contributed by atoms with Crippen molar-refractivity contribution in [3.8, 4) is 0 Å².